The molecule has 0 bridgehead atoms. The smallest absolute Gasteiger partial charge is 0.303 e. The van der Waals surface area contributed by atoms with Crippen molar-refractivity contribution in [1.29, 1.82) is 0 Å². The van der Waals surface area contributed by atoms with Crippen molar-refractivity contribution in [2.75, 3.05) is 0 Å². The Balaban J connectivity index is 1.92. The Kier molecular flexibility index (Phi) is 4.25. The normalized spacial score (nSPS) is 44.7. The van der Waals surface area contributed by atoms with E-state index in [9.17, 15) is 24.6 Å². The van der Waals surface area contributed by atoms with Crippen molar-refractivity contribution in [2.24, 2.45) is 34.5 Å². The van der Waals surface area contributed by atoms with Gasteiger partial charge < -0.3 is 10.2 Å². The van der Waals surface area contributed by atoms with Crippen molar-refractivity contribution in [2.45, 2.75) is 65.2 Å². The van der Waals surface area contributed by atoms with Crippen molar-refractivity contribution >= 4 is 17.7 Å². The van der Waals surface area contributed by atoms with Crippen molar-refractivity contribution in [3.8, 4) is 0 Å². The molecule has 3 fully saturated rings. The third kappa shape index (κ3) is 2.56. The number of hydrogen-bond donors (Lipinski definition) is 2. The first-order valence-corrected chi connectivity index (χ1v) is 9.15. The summed E-state index contributed by atoms with van der Waals surface area (Å²) in [5, 5.41) is 18.7. The Morgan fingerprint density at radius 1 is 1.04 bits per heavy atom. The zero-order valence-electron chi connectivity index (χ0n) is 14.6. The van der Waals surface area contributed by atoms with E-state index in [1.807, 2.05) is 6.92 Å². The van der Waals surface area contributed by atoms with Gasteiger partial charge >= 0.3 is 11.9 Å². The number of ketones is 1. The molecular weight excluding hydrogens is 308 g/mol. The average molecular weight is 336 g/mol. The van der Waals surface area contributed by atoms with E-state index in [-0.39, 0.29) is 30.1 Å². The molecule has 0 radical (unpaired) electrons. The molecule has 2 N–H and O–H groups in total. The number of hydrogen-bond acceptors (Lipinski definition) is 3. The number of carboxylic acid groups (broad SMARTS) is 2. The van der Waals surface area contributed by atoms with Crippen LogP contribution in [0.15, 0.2) is 0 Å². The van der Waals surface area contributed by atoms with Crippen LogP contribution in [0.4, 0.5) is 0 Å². The molecule has 3 saturated carbocycles. The molecule has 0 heterocycles. The molecule has 3 aliphatic carbocycles. The van der Waals surface area contributed by atoms with Gasteiger partial charge in [0.15, 0.2) is 0 Å². The highest BCUT2D eigenvalue weighted by atomic mass is 16.4. The van der Waals surface area contributed by atoms with E-state index in [2.05, 4.69) is 6.92 Å². The maximum atomic E-state index is 12.4. The zero-order valence-corrected chi connectivity index (χ0v) is 14.6. The Bertz CT molecular complexity index is 570. The molecule has 3 aliphatic rings. The van der Waals surface area contributed by atoms with Gasteiger partial charge in [0.25, 0.3) is 0 Å². The first-order valence-electron chi connectivity index (χ1n) is 9.15. The molecule has 0 aromatic rings. The molecule has 0 amide bonds. The number of aliphatic carboxylic acids is 2. The Morgan fingerprint density at radius 3 is 2.38 bits per heavy atom. The van der Waals surface area contributed by atoms with Crippen molar-refractivity contribution in [3.63, 3.8) is 0 Å². The van der Waals surface area contributed by atoms with E-state index in [1.165, 1.54) is 0 Å². The van der Waals surface area contributed by atoms with Gasteiger partial charge in [-0.25, -0.2) is 0 Å². The van der Waals surface area contributed by atoms with Crippen LogP contribution in [0, 0.1) is 34.5 Å². The summed E-state index contributed by atoms with van der Waals surface area (Å²) in [5.41, 5.74) is -0.717. The van der Waals surface area contributed by atoms with Gasteiger partial charge in [0, 0.05) is 18.3 Å². The molecule has 0 aliphatic heterocycles. The standard InChI is InChI=1S/C19H28O5/c1-18-8-7-14-12(13(18)5-6-15(18)20)4-3-11(9-16(21)22)19(14,2)10-17(23)24/h11-14H,3-10H2,1-2H3,(H,21,22)(H,23,24)/t11-,12?,13?,14?,18-,19-/m0/s1. The van der Waals surface area contributed by atoms with Crippen LogP contribution in [0.2, 0.25) is 0 Å². The summed E-state index contributed by atoms with van der Waals surface area (Å²) in [7, 11) is 0. The van der Waals surface area contributed by atoms with Gasteiger partial charge in [-0.1, -0.05) is 13.8 Å². The first kappa shape index (κ1) is 17.4. The quantitative estimate of drug-likeness (QED) is 0.821. The highest BCUT2D eigenvalue weighted by Crippen LogP contribution is 2.64. The summed E-state index contributed by atoms with van der Waals surface area (Å²) in [6, 6.07) is 0. The van der Waals surface area contributed by atoms with Crippen LogP contribution < -0.4 is 0 Å². The van der Waals surface area contributed by atoms with Gasteiger partial charge in [-0.2, -0.15) is 0 Å². The third-order valence-corrected chi connectivity index (χ3v) is 7.73. The third-order valence-electron chi connectivity index (χ3n) is 7.73. The van der Waals surface area contributed by atoms with E-state index >= 15 is 0 Å². The minimum absolute atomic E-state index is 0.0312. The molecule has 24 heavy (non-hydrogen) atoms. The molecular formula is C19H28O5. The molecule has 5 heteroatoms. The van der Waals surface area contributed by atoms with Crippen LogP contribution in [-0.4, -0.2) is 27.9 Å². The maximum Gasteiger partial charge on any atom is 0.303 e. The van der Waals surface area contributed by atoms with E-state index in [0.717, 1.165) is 32.1 Å². The predicted molar refractivity (Wildman–Crippen MR) is 87.4 cm³/mol. The lowest BCUT2D eigenvalue weighted by molar-refractivity contribution is -0.156. The fourth-order valence-corrected chi connectivity index (χ4v) is 6.45. The Morgan fingerprint density at radius 2 is 1.75 bits per heavy atom. The number of rotatable bonds is 4. The minimum atomic E-state index is -0.843. The lowest BCUT2D eigenvalue weighted by atomic mass is 9.46. The average Bonchev–Trinajstić information content (AvgIpc) is 2.77. The topological polar surface area (TPSA) is 91.7 Å². The fraction of sp³-hybridized carbons (Fsp3) is 0.842. The Labute approximate surface area is 142 Å². The lowest BCUT2D eigenvalue weighted by Gasteiger charge is -2.57. The summed E-state index contributed by atoms with van der Waals surface area (Å²) in [5.74, 6) is -0.466. The second kappa shape index (κ2) is 5.85. The van der Waals surface area contributed by atoms with Gasteiger partial charge in [0.2, 0.25) is 0 Å². The van der Waals surface area contributed by atoms with Gasteiger partial charge in [0.05, 0.1) is 6.42 Å². The highest BCUT2D eigenvalue weighted by Gasteiger charge is 2.60. The molecule has 0 aromatic heterocycles. The number of carboxylic acids is 2. The molecule has 3 rings (SSSR count). The molecule has 5 nitrogen and oxygen atoms in total. The van der Waals surface area contributed by atoms with E-state index < -0.39 is 17.4 Å². The van der Waals surface area contributed by atoms with Crippen LogP contribution in [0.3, 0.4) is 0 Å². The number of carbonyl (C=O) groups excluding carboxylic acids is 1. The second-order valence-corrected chi connectivity index (χ2v) is 8.74. The number of fused-ring (bicyclic) bond motifs is 3. The molecule has 0 aromatic carbocycles. The van der Waals surface area contributed by atoms with E-state index in [4.69, 9.17) is 0 Å². The van der Waals surface area contributed by atoms with Crippen LogP contribution in [0.25, 0.3) is 0 Å². The van der Waals surface area contributed by atoms with Gasteiger partial charge in [-0.05, 0) is 61.2 Å². The van der Waals surface area contributed by atoms with Crippen LogP contribution in [-0.2, 0) is 14.4 Å². The van der Waals surface area contributed by atoms with Crippen LogP contribution in [0.5, 0.6) is 0 Å². The zero-order chi connectivity index (χ0) is 17.7. The molecule has 134 valence electrons. The van der Waals surface area contributed by atoms with E-state index in [0.29, 0.717) is 24.0 Å². The largest absolute Gasteiger partial charge is 0.481 e. The minimum Gasteiger partial charge on any atom is -0.481 e. The molecule has 0 spiro atoms. The number of Topliss-reactive ketones (excluding diaryl/α,β-unsaturated/α-hetero) is 1. The second-order valence-electron chi connectivity index (χ2n) is 8.74. The number of carbonyl (C=O) groups is 3. The predicted octanol–water partition coefficient (Wildman–Crippen LogP) is 3.36. The SMILES string of the molecule is C[C@]12CCC3C(CC[C@@H](CC(=O)O)[C@]3(C)CC(=O)O)C1CCC2=O. The highest BCUT2D eigenvalue weighted by molar-refractivity contribution is 5.87. The Hall–Kier alpha value is -1.39. The summed E-state index contributed by atoms with van der Waals surface area (Å²) >= 11 is 0. The van der Waals surface area contributed by atoms with Crippen LogP contribution >= 0.6 is 0 Å². The molecule has 0 saturated heterocycles. The summed E-state index contributed by atoms with van der Waals surface area (Å²) in [6.07, 6.45) is 5.03. The van der Waals surface area contributed by atoms with Crippen molar-refractivity contribution < 1.29 is 24.6 Å². The lowest BCUT2D eigenvalue weighted by Crippen LogP contribution is -2.53. The fourth-order valence-electron chi connectivity index (χ4n) is 6.45. The first-order chi connectivity index (χ1) is 11.2. The monoisotopic (exact) mass is 336 g/mol. The van der Waals surface area contributed by atoms with Gasteiger partial charge in [0.1, 0.15) is 5.78 Å². The van der Waals surface area contributed by atoms with Crippen LogP contribution in [0.1, 0.15) is 65.2 Å². The van der Waals surface area contributed by atoms with Crippen molar-refractivity contribution in [1.82, 2.24) is 0 Å². The summed E-state index contributed by atoms with van der Waals surface area (Å²) in [6.45, 7) is 4.09. The summed E-state index contributed by atoms with van der Waals surface area (Å²) < 4.78 is 0. The maximum absolute atomic E-state index is 12.4. The molecule has 3 unspecified atom stereocenters. The summed E-state index contributed by atoms with van der Waals surface area (Å²) in [4.78, 5) is 35.2. The van der Waals surface area contributed by atoms with E-state index in [1.54, 1.807) is 0 Å². The van der Waals surface area contributed by atoms with Crippen molar-refractivity contribution in [3.05, 3.63) is 0 Å². The van der Waals surface area contributed by atoms with Gasteiger partial charge in [-0.3, -0.25) is 14.4 Å². The molecule has 6 atom stereocenters. The van der Waals surface area contributed by atoms with Gasteiger partial charge in [-0.15, -0.1) is 0 Å².